The van der Waals surface area contributed by atoms with E-state index in [-0.39, 0.29) is 11.8 Å². The van der Waals surface area contributed by atoms with Crippen LogP contribution in [0.5, 0.6) is 0 Å². The van der Waals surface area contributed by atoms with Gasteiger partial charge in [-0.25, -0.2) is 0 Å². The van der Waals surface area contributed by atoms with Gasteiger partial charge in [-0.15, -0.1) is 0 Å². The third kappa shape index (κ3) is 3.34. The topological polar surface area (TPSA) is 62.6 Å². The number of rotatable bonds is 5. The molecule has 0 unspecified atom stereocenters. The Morgan fingerprint density at radius 2 is 2.06 bits per heavy atom. The monoisotopic (exact) mass is 238 g/mol. The van der Waals surface area contributed by atoms with Crippen molar-refractivity contribution in [2.24, 2.45) is 0 Å². The van der Waals surface area contributed by atoms with Crippen molar-refractivity contribution in [1.82, 2.24) is 10.2 Å². The van der Waals surface area contributed by atoms with E-state index in [1.807, 2.05) is 13.8 Å². The smallest absolute Gasteiger partial charge is 0.255 e. The zero-order chi connectivity index (χ0) is 12.8. The van der Waals surface area contributed by atoms with E-state index < -0.39 is 6.04 Å². The van der Waals surface area contributed by atoms with E-state index in [0.29, 0.717) is 18.7 Å². The number of hydrogen-bond acceptors (Lipinski definition) is 3. The Labute approximate surface area is 101 Å². The quantitative estimate of drug-likeness (QED) is 0.840. The number of nitrogens with zero attached hydrogens (tertiary/aromatic N) is 1. The Morgan fingerprint density at radius 1 is 1.41 bits per heavy atom. The minimum Gasteiger partial charge on any atom is -0.472 e. The van der Waals surface area contributed by atoms with E-state index in [1.165, 1.54) is 12.5 Å². The molecule has 0 aliphatic rings. The van der Waals surface area contributed by atoms with Crippen molar-refractivity contribution in [2.45, 2.75) is 26.8 Å². The van der Waals surface area contributed by atoms with Crippen molar-refractivity contribution in [3.05, 3.63) is 24.2 Å². The molecule has 1 aromatic heterocycles. The van der Waals surface area contributed by atoms with Crippen LogP contribution in [0, 0.1) is 0 Å². The third-order valence-corrected chi connectivity index (χ3v) is 2.58. The molecule has 0 fully saturated rings. The molecule has 1 rings (SSSR count). The van der Waals surface area contributed by atoms with Gasteiger partial charge in [0.05, 0.1) is 11.8 Å². The first-order valence-corrected chi connectivity index (χ1v) is 5.72. The molecule has 94 valence electrons. The van der Waals surface area contributed by atoms with Crippen LogP contribution in [0.1, 0.15) is 31.1 Å². The molecule has 0 aliphatic carbocycles. The van der Waals surface area contributed by atoms with Crippen LogP contribution >= 0.6 is 0 Å². The highest BCUT2D eigenvalue weighted by Gasteiger charge is 2.20. The van der Waals surface area contributed by atoms with E-state index in [4.69, 9.17) is 4.42 Å². The van der Waals surface area contributed by atoms with E-state index >= 15 is 0 Å². The lowest BCUT2D eigenvalue weighted by molar-refractivity contribution is -0.132. The van der Waals surface area contributed by atoms with Gasteiger partial charge in [0.15, 0.2) is 0 Å². The highest BCUT2D eigenvalue weighted by Crippen LogP contribution is 2.01. The number of furan rings is 1. The van der Waals surface area contributed by atoms with Gasteiger partial charge in [-0.2, -0.15) is 0 Å². The summed E-state index contributed by atoms with van der Waals surface area (Å²) < 4.78 is 4.81. The van der Waals surface area contributed by atoms with Crippen LogP contribution in [-0.4, -0.2) is 35.8 Å². The molecular weight excluding hydrogens is 220 g/mol. The third-order valence-electron chi connectivity index (χ3n) is 2.58. The van der Waals surface area contributed by atoms with Crippen molar-refractivity contribution < 1.29 is 14.0 Å². The van der Waals surface area contributed by atoms with Crippen molar-refractivity contribution in [3.63, 3.8) is 0 Å². The summed E-state index contributed by atoms with van der Waals surface area (Å²) in [5.74, 6) is -0.376. The maximum Gasteiger partial charge on any atom is 0.255 e. The Balaban J connectivity index is 2.57. The number of nitrogens with one attached hydrogen (secondary N) is 1. The molecule has 0 aliphatic heterocycles. The first-order chi connectivity index (χ1) is 8.10. The van der Waals surface area contributed by atoms with Crippen molar-refractivity contribution in [1.29, 1.82) is 0 Å². The van der Waals surface area contributed by atoms with E-state index in [9.17, 15) is 9.59 Å². The number of carbonyl (C=O) groups is 2. The highest BCUT2D eigenvalue weighted by molar-refractivity contribution is 5.97. The summed E-state index contributed by atoms with van der Waals surface area (Å²) in [6, 6.07) is 1.03. The minimum atomic E-state index is -0.530. The fraction of sp³-hybridized carbons (Fsp3) is 0.500. The second-order valence-corrected chi connectivity index (χ2v) is 3.72. The summed E-state index contributed by atoms with van der Waals surface area (Å²) in [4.78, 5) is 25.3. The van der Waals surface area contributed by atoms with Gasteiger partial charge in [-0.3, -0.25) is 9.59 Å². The lowest BCUT2D eigenvalue weighted by atomic mass is 10.2. The van der Waals surface area contributed by atoms with Gasteiger partial charge in [0.1, 0.15) is 12.3 Å². The summed E-state index contributed by atoms with van der Waals surface area (Å²) in [7, 11) is 0. The van der Waals surface area contributed by atoms with Gasteiger partial charge in [-0.1, -0.05) is 0 Å². The van der Waals surface area contributed by atoms with Crippen LogP contribution < -0.4 is 5.32 Å². The Hall–Kier alpha value is -1.78. The average molecular weight is 238 g/mol. The van der Waals surface area contributed by atoms with Gasteiger partial charge in [0.25, 0.3) is 5.91 Å². The summed E-state index contributed by atoms with van der Waals surface area (Å²) in [6.45, 7) is 6.78. The molecule has 0 spiro atoms. The van der Waals surface area contributed by atoms with Gasteiger partial charge in [0.2, 0.25) is 5.91 Å². The van der Waals surface area contributed by atoms with Crippen LogP contribution in [0.3, 0.4) is 0 Å². The Bertz CT molecular complexity index is 369. The first kappa shape index (κ1) is 13.3. The van der Waals surface area contributed by atoms with E-state index in [1.54, 1.807) is 17.9 Å². The van der Waals surface area contributed by atoms with Crippen LogP contribution in [0.2, 0.25) is 0 Å². The molecular formula is C12H18N2O3. The van der Waals surface area contributed by atoms with Crippen molar-refractivity contribution >= 4 is 11.8 Å². The molecule has 0 saturated heterocycles. The molecule has 5 heteroatoms. The fourth-order valence-corrected chi connectivity index (χ4v) is 1.54. The lowest BCUT2D eigenvalue weighted by Gasteiger charge is -2.23. The molecule has 0 bridgehead atoms. The number of amides is 2. The van der Waals surface area contributed by atoms with Crippen molar-refractivity contribution in [2.75, 3.05) is 13.1 Å². The molecule has 0 radical (unpaired) electrons. The Morgan fingerprint density at radius 3 is 2.53 bits per heavy atom. The van der Waals surface area contributed by atoms with E-state index in [0.717, 1.165) is 0 Å². The zero-order valence-electron chi connectivity index (χ0n) is 10.4. The maximum absolute atomic E-state index is 11.9. The summed E-state index contributed by atoms with van der Waals surface area (Å²) >= 11 is 0. The van der Waals surface area contributed by atoms with Gasteiger partial charge < -0.3 is 14.6 Å². The molecule has 0 saturated carbocycles. The fourth-order valence-electron chi connectivity index (χ4n) is 1.54. The van der Waals surface area contributed by atoms with Gasteiger partial charge in [0, 0.05) is 13.1 Å². The summed E-state index contributed by atoms with van der Waals surface area (Å²) in [5, 5.41) is 2.64. The van der Waals surface area contributed by atoms with Crippen LogP contribution in [0.25, 0.3) is 0 Å². The number of likely N-dealkylation sites (N-methyl/N-ethyl adjacent to an activating group) is 1. The Kier molecular flexibility index (Phi) is 4.75. The molecule has 1 aromatic rings. The zero-order valence-corrected chi connectivity index (χ0v) is 10.4. The molecule has 1 atom stereocenters. The molecule has 17 heavy (non-hydrogen) atoms. The molecule has 1 N–H and O–H groups in total. The predicted octanol–water partition coefficient (Wildman–Crippen LogP) is 1.27. The largest absolute Gasteiger partial charge is 0.472 e. The van der Waals surface area contributed by atoms with Crippen molar-refractivity contribution in [3.8, 4) is 0 Å². The van der Waals surface area contributed by atoms with Crippen LogP contribution in [-0.2, 0) is 4.79 Å². The van der Waals surface area contributed by atoms with Crippen LogP contribution in [0.15, 0.2) is 23.0 Å². The maximum atomic E-state index is 11.9. The van der Waals surface area contributed by atoms with Crippen LogP contribution in [0.4, 0.5) is 0 Å². The minimum absolute atomic E-state index is 0.0770. The second kappa shape index (κ2) is 6.08. The average Bonchev–Trinajstić information content (AvgIpc) is 2.83. The molecule has 0 aromatic carbocycles. The predicted molar refractivity (Wildman–Crippen MR) is 63.6 cm³/mol. The summed E-state index contributed by atoms with van der Waals surface area (Å²) in [6.07, 6.45) is 2.77. The summed E-state index contributed by atoms with van der Waals surface area (Å²) in [5.41, 5.74) is 0.421. The SMILES string of the molecule is CCN(CC)C(=O)[C@@H](C)NC(=O)c1ccoc1. The lowest BCUT2D eigenvalue weighted by Crippen LogP contribution is -2.46. The van der Waals surface area contributed by atoms with Gasteiger partial charge in [-0.05, 0) is 26.8 Å². The number of carbonyl (C=O) groups excluding carboxylic acids is 2. The molecule has 2 amide bonds. The molecule has 5 nitrogen and oxygen atoms in total. The van der Waals surface area contributed by atoms with E-state index in [2.05, 4.69) is 5.32 Å². The molecule has 1 heterocycles. The standard InChI is InChI=1S/C12H18N2O3/c1-4-14(5-2)12(16)9(3)13-11(15)10-6-7-17-8-10/h6-9H,4-5H2,1-3H3,(H,13,15)/t9-/m1/s1. The highest BCUT2D eigenvalue weighted by atomic mass is 16.3. The van der Waals surface area contributed by atoms with Gasteiger partial charge >= 0.3 is 0 Å². The first-order valence-electron chi connectivity index (χ1n) is 5.72. The normalized spacial score (nSPS) is 11.9. The number of hydrogen-bond donors (Lipinski definition) is 1. The second-order valence-electron chi connectivity index (χ2n) is 3.72.